The van der Waals surface area contributed by atoms with Gasteiger partial charge in [-0.3, -0.25) is 0 Å². The van der Waals surface area contributed by atoms with E-state index in [0.717, 1.165) is 11.1 Å². The van der Waals surface area contributed by atoms with Gasteiger partial charge in [0.05, 0.1) is 12.5 Å². The molecule has 0 spiro atoms. The van der Waals surface area contributed by atoms with Crippen molar-refractivity contribution in [3.63, 3.8) is 0 Å². The first-order valence-corrected chi connectivity index (χ1v) is 7.42. The van der Waals surface area contributed by atoms with Crippen LogP contribution in [0.1, 0.15) is 17.0 Å². The van der Waals surface area contributed by atoms with E-state index in [9.17, 15) is 9.50 Å². The van der Waals surface area contributed by atoms with Gasteiger partial charge < -0.3 is 9.63 Å². The van der Waals surface area contributed by atoms with E-state index in [4.69, 9.17) is 4.52 Å². The summed E-state index contributed by atoms with van der Waals surface area (Å²) in [6, 6.07) is 14.3. The maximum atomic E-state index is 13.4. The van der Waals surface area contributed by atoms with Gasteiger partial charge in [-0.2, -0.15) is 4.98 Å². The molecule has 1 N–H and O–H groups in total. The molecule has 0 radical (unpaired) electrons. The van der Waals surface area contributed by atoms with Crippen LogP contribution in [0, 0.1) is 12.7 Å². The van der Waals surface area contributed by atoms with Crippen LogP contribution < -0.4 is 0 Å². The summed E-state index contributed by atoms with van der Waals surface area (Å²) < 4.78 is 18.6. The van der Waals surface area contributed by atoms with Crippen molar-refractivity contribution in [1.29, 1.82) is 0 Å². The average molecular weight is 312 g/mol. The van der Waals surface area contributed by atoms with Crippen LogP contribution in [0.4, 0.5) is 4.39 Å². The van der Waals surface area contributed by atoms with E-state index in [-0.39, 0.29) is 12.2 Å². The SMILES string of the molecule is Cc1cc(F)cc(-c2noc(CC(O)Cc3ccccc3)n2)c1. The third-order valence-corrected chi connectivity index (χ3v) is 3.49. The number of hydrogen-bond acceptors (Lipinski definition) is 4. The summed E-state index contributed by atoms with van der Waals surface area (Å²) in [5.41, 5.74) is 2.39. The second kappa shape index (κ2) is 6.71. The third-order valence-electron chi connectivity index (χ3n) is 3.49. The Hall–Kier alpha value is -2.53. The number of aryl methyl sites for hydroxylation is 1. The van der Waals surface area contributed by atoms with E-state index >= 15 is 0 Å². The molecule has 0 aliphatic heterocycles. The number of aliphatic hydroxyl groups is 1. The molecule has 0 aliphatic rings. The minimum atomic E-state index is -0.611. The molecule has 0 aliphatic carbocycles. The van der Waals surface area contributed by atoms with Gasteiger partial charge in [0.1, 0.15) is 5.82 Å². The summed E-state index contributed by atoms with van der Waals surface area (Å²) in [4.78, 5) is 4.24. The molecule has 1 aromatic heterocycles. The Bertz CT molecular complexity index is 766. The maximum Gasteiger partial charge on any atom is 0.229 e. The van der Waals surface area contributed by atoms with Crippen molar-refractivity contribution < 1.29 is 14.0 Å². The Labute approximate surface area is 133 Å². The quantitative estimate of drug-likeness (QED) is 0.785. The van der Waals surface area contributed by atoms with Crippen molar-refractivity contribution in [2.24, 2.45) is 0 Å². The molecule has 1 atom stereocenters. The highest BCUT2D eigenvalue weighted by molar-refractivity contribution is 5.55. The first-order chi connectivity index (χ1) is 11.1. The molecule has 0 saturated heterocycles. The molecule has 118 valence electrons. The number of aliphatic hydroxyl groups excluding tert-OH is 1. The predicted octanol–water partition coefficient (Wildman–Crippen LogP) is 3.33. The van der Waals surface area contributed by atoms with Crippen LogP contribution in [0.25, 0.3) is 11.4 Å². The Balaban J connectivity index is 1.69. The molecule has 4 nitrogen and oxygen atoms in total. The molecule has 0 fully saturated rings. The minimum absolute atomic E-state index is 0.260. The number of rotatable bonds is 5. The van der Waals surface area contributed by atoms with Gasteiger partial charge in [-0.05, 0) is 42.7 Å². The van der Waals surface area contributed by atoms with Crippen LogP contribution >= 0.6 is 0 Å². The molecule has 3 aromatic rings. The van der Waals surface area contributed by atoms with Gasteiger partial charge in [0.25, 0.3) is 0 Å². The molecule has 2 aromatic carbocycles. The van der Waals surface area contributed by atoms with Gasteiger partial charge >= 0.3 is 0 Å². The normalized spacial score (nSPS) is 12.3. The first kappa shape index (κ1) is 15.4. The summed E-state index contributed by atoms with van der Waals surface area (Å²) >= 11 is 0. The van der Waals surface area contributed by atoms with Gasteiger partial charge in [0.2, 0.25) is 11.7 Å². The molecule has 1 heterocycles. The van der Waals surface area contributed by atoms with Crippen molar-refractivity contribution in [3.8, 4) is 11.4 Å². The van der Waals surface area contributed by atoms with Crippen molar-refractivity contribution >= 4 is 0 Å². The first-order valence-electron chi connectivity index (χ1n) is 7.42. The molecular formula is C18H17FN2O2. The summed E-state index contributed by atoms with van der Waals surface area (Å²) in [6.45, 7) is 1.80. The Morgan fingerprint density at radius 1 is 1.13 bits per heavy atom. The summed E-state index contributed by atoms with van der Waals surface area (Å²) in [6.07, 6.45) is 0.160. The van der Waals surface area contributed by atoms with E-state index in [2.05, 4.69) is 10.1 Å². The molecule has 1 unspecified atom stereocenters. The minimum Gasteiger partial charge on any atom is -0.392 e. The van der Waals surface area contributed by atoms with Crippen molar-refractivity contribution in [2.45, 2.75) is 25.9 Å². The van der Waals surface area contributed by atoms with Gasteiger partial charge in [-0.15, -0.1) is 0 Å². The Morgan fingerprint density at radius 2 is 1.91 bits per heavy atom. The molecule has 0 amide bonds. The van der Waals surface area contributed by atoms with E-state index in [0.29, 0.717) is 23.7 Å². The summed E-state index contributed by atoms with van der Waals surface area (Å²) in [7, 11) is 0. The fraction of sp³-hybridized carbons (Fsp3) is 0.222. The lowest BCUT2D eigenvalue weighted by Gasteiger charge is -2.07. The third kappa shape index (κ3) is 4.02. The molecule has 5 heteroatoms. The lowest BCUT2D eigenvalue weighted by Crippen LogP contribution is -2.14. The van der Waals surface area contributed by atoms with Crippen LogP contribution in [0.2, 0.25) is 0 Å². The monoisotopic (exact) mass is 312 g/mol. The van der Waals surface area contributed by atoms with Crippen molar-refractivity contribution in [3.05, 3.63) is 71.4 Å². The smallest absolute Gasteiger partial charge is 0.229 e. The number of aromatic nitrogens is 2. The number of halogens is 1. The number of benzene rings is 2. The zero-order valence-electron chi connectivity index (χ0n) is 12.7. The lowest BCUT2D eigenvalue weighted by atomic mass is 10.1. The molecule has 0 bridgehead atoms. The fourth-order valence-corrected chi connectivity index (χ4v) is 2.48. The standard InChI is InChI=1S/C18H17FN2O2/c1-12-7-14(10-15(19)8-12)18-20-17(23-21-18)11-16(22)9-13-5-3-2-4-6-13/h2-8,10,16,22H,9,11H2,1H3. The highest BCUT2D eigenvalue weighted by Crippen LogP contribution is 2.19. The van der Waals surface area contributed by atoms with Crippen molar-refractivity contribution in [1.82, 2.24) is 10.1 Å². The summed E-state index contributed by atoms with van der Waals surface area (Å²) in [5, 5.41) is 14.0. The van der Waals surface area contributed by atoms with Crippen LogP contribution in [-0.2, 0) is 12.8 Å². The zero-order chi connectivity index (χ0) is 16.2. The molecular weight excluding hydrogens is 295 g/mol. The van der Waals surface area contributed by atoms with Crippen LogP contribution in [0.3, 0.4) is 0 Å². The molecule has 23 heavy (non-hydrogen) atoms. The lowest BCUT2D eigenvalue weighted by molar-refractivity contribution is 0.162. The van der Waals surface area contributed by atoms with Crippen LogP contribution in [-0.4, -0.2) is 21.4 Å². The second-order valence-corrected chi connectivity index (χ2v) is 5.58. The number of hydrogen-bond donors (Lipinski definition) is 1. The maximum absolute atomic E-state index is 13.4. The highest BCUT2D eigenvalue weighted by Gasteiger charge is 2.14. The topological polar surface area (TPSA) is 59.2 Å². The largest absolute Gasteiger partial charge is 0.392 e. The zero-order valence-corrected chi connectivity index (χ0v) is 12.7. The van der Waals surface area contributed by atoms with Gasteiger partial charge in [-0.1, -0.05) is 35.5 Å². The van der Waals surface area contributed by atoms with Crippen molar-refractivity contribution in [2.75, 3.05) is 0 Å². The van der Waals surface area contributed by atoms with E-state index in [1.54, 1.807) is 13.0 Å². The van der Waals surface area contributed by atoms with Gasteiger partial charge in [-0.25, -0.2) is 4.39 Å². The Kier molecular flexibility index (Phi) is 4.48. The highest BCUT2D eigenvalue weighted by atomic mass is 19.1. The second-order valence-electron chi connectivity index (χ2n) is 5.58. The van der Waals surface area contributed by atoms with E-state index in [1.165, 1.54) is 12.1 Å². The van der Waals surface area contributed by atoms with E-state index in [1.807, 2.05) is 30.3 Å². The molecule has 3 rings (SSSR count). The predicted molar refractivity (Wildman–Crippen MR) is 84.3 cm³/mol. The van der Waals surface area contributed by atoms with Gasteiger partial charge in [0, 0.05) is 5.56 Å². The number of nitrogens with zero attached hydrogens (tertiary/aromatic N) is 2. The molecule has 0 saturated carbocycles. The van der Waals surface area contributed by atoms with Crippen LogP contribution in [0.15, 0.2) is 53.1 Å². The van der Waals surface area contributed by atoms with Crippen LogP contribution in [0.5, 0.6) is 0 Å². The Morgan fingerprint density at radius 3 is 2.65 bits per heavy atom. The summed E-state index contributed by atoms with van der Waals surface area (Å²) in [5.74, 6) is 0.329. The average Bonchev–Trinajstić information content (AvgIpc) is 2.95. The van der Waals surface area contributed by atoms with E-state index < -0.39 is 6.10 Å². The van der Waals surface area contributed by atoms with Gasteiger partial charge in [0.15, 0.2) is 0 Å². The fourth-order valence-electron chi connectivity index (χ4n) is 2.48.